The predicted molar refractivity (Wildman–Crippen MR) is 70.0 cm³/mol. The van der Waals surface area contributed by atoms with Crippen LogP contribution >= 0.6 is 0 Å². The molecule has 0 aliphatic carbocycles. The number of methoxy groups -OCH3 is 2. The summed E-state index contributed by atoms with van der Waals surface area (Å²) in [4.78, 5) is 11.6. The van der Waals surface area contributed by atoms with Crippen molar-refractivity contribution in [3.63, 3.8) is 0 Å². The molecule has 0 aromatic rings. The maximum absolute atomic E-state index is 11.6. The van der Waals surface area contributed by atoms with Crippen LogP contribution in [0.3, 0.4) is 0 Å². The molecule has 0 unspecified atom stereocenters. The van der Waals surface area contributed by atoms with Crippen molar-refractivity contribution in [2.45, 2.75) is 71.0 Å². The smallest absolute Gasteiger partial charge is 0.157 e. The van der Waals surface area contributed by atoms with Crippen molar-refractivity contribution < 1.29 is 14.3 Å². The normalized spacial score (nSPS) is 11.1. The predicted octanol–water partition coefficient (Wildman–Crippen LogP) is 3.71. The summed E-state index contributed by atoms with van der Waals surface area (Å²) in [7, 11) is 3.21. The molecule has 0 heterocycles. The van der Waals surface area contributed by atoms with Gasteiger partial charge in [-0.25, -0.2) is 0 Å². The molecule has 0 aromatic carbocycles. The number of hydrogen-bond acceptors (Lipinski definition) is 3. The van der Waals surface area contributed by atoms with Gasteiger partial charge in [0.25, 0.3) is 0 Å². The molecule has 0 aliphatic heterocycles. The quantitative estimate of drug-likeness (QED) is 0.388. The molecule has 0 N–H and O–H groups in total. The van der Waals surface area contributed by atoms with Crippen molar-refractivity contribution in [1.82, 2.24) is 0 Å². The molecule has 0 spiro atoms. The number of hydrogen-bond donors (Lipinski definition) is 0. The van der Waals surface area contributed by atoms with Crippen LogP contribution in [0.15, 0.2) is 0 Å². The van der Waals surface area contributed by atoms with Gasteiger partial charge in [0.1, 0.15) is 5.78 Å². The van der Waals surface area contributed by atoms with Crippen molar-refractivity contribution >= 4 is 5.78 Å². The summed E-state index contributed by atoms with van der Waals surface area (Å²) in [6.45, 7) is 2.21. The van der Waals surface area contributed by atoms with E-state index in [-0.39, 0.29) is 6.29 Å². The van der Waals surface area contributed by atoms with Gasteiger partial charge in [0, 0.05) is 33.5 Å². The van der Waals surface area contributed by atoms with Crippen LogP contribution in [0.5, 0.6) is 0 Å². The molecule has 0 aromatic heterocycles. The van der Waals surface area contributed by atoms with Gasteiger partial charge in [-0.1, -0.05) is 39.0 Å². The highest BCUT2D eigenvalue weighted by Crippen LogP contribution is 2.10. The summed E-state index contributed by atoms with van der Waals surface area (Å²) in [6, 6.07) is 0. The molecule has 0 fully saturated rings. The Morgan fingerprint density at radius 2 is 1.53 bits per heavy atom. The van der Waals surface area contributed by atoms with Crippen molar-refractivity contribution in [2.24, 2.45) is 0 Å². The fourth-order valence-corrected chi connectivity index (χ4v) is 1.84. The third-order valence-electron chi connectivity index (χ3n) is 2.99. The Morgan fingerprint density at radius 1 is 0.941 bits per heavy atom. The van der Waals surface area contributed by atoms with Gasteiger partial charge in [0.05, 0.1) is 0 Å². The molecule has 0 rings (SSSR count). The maximum Gasteiger partial charge on any atom is 0.157 e. The monoisotopic (exact) mass is 244 g/mol. The van der Waals surface area contributed by atoms with Crippen LogP contribution in [-0.4, -0.2) is 26.3 Å². The van der Waals surface area contributed by atoms with E-state index in [0.29, 0.717) is 25.0 Å². The fraction of sp³-hybridized carbons (Fsp3) is 0.929. The van der Waals surface area contributed by atoms with E-state index < -0.39 is 0 Å². The molecule has 0 amide bonds. The van der Waals surface area contributed by atoms with E-state index in [1.54, 1.807) is 14.2 Å². The van der Waals surface area contributed by atoms with Crippen molar-refractivity contribution in [3.05, 3.63) is 0 Å². The number of carbonyl (C=O) groups excluding carboxylic acids is 1. The average Bonchev–Trinajstić information content (AvgIpc) is 2.35. The molecule has 0 saturated heterocycles. The van der Waals surface area contributed by atoms with Crippen LogP contribution in [0.25, 0.3) is 0 Å². The zero-order valence-electron chi connectivity index (χ0n) is 11.7. The van der Waals surface area contributed by atoms with E-state index in [2.05, 4.69) is 6.92 Å². The molecule has 0 bridgehead atoms. The summed E-state index contributed by atoms with van der Waals surface area (Å²) in [5.74, 6) is 0.333. The van der Waals surface area contributed by atoms with E-state index in [4.69, 9.17) is 9.47 Å². The number of ether oxygens (including phenoxy) is 2. The van der Waals surface area contributed by atoms with Gasteiger partial charge < -0.3 is 9.47 Å². The van der Waals surface area contributed by atoms with Gasteiger partial charge in [-0.2, -0.15) is 0 Å². The lowest BCUT2D eigenvalue weighted by atomic mass is 10.1. The van der Waals surface area contributed by atoms with Gasteiger partial charge >= 0.3 is 0 Å². The lowest BCUT2D eigenvalue weighted by Gasteiger charge is -2.12. The fourth-order valence-electron chi connectivity index (χ4n) is 1.84. The number of rotatable bonds is 12. The molecule has 0 saturated carbocycles. The molecular formula is C14H28O3. The number of unbranched alkanes of at least 4 members (excludes halogenated alkanes) is 5. The second kappa shape index (κ2) is 12.1. The van der Waals surface area contributed by atoms with Crippen molar-refractivity contribution in [3.8, 4) is 0 Å². The first kappa shape index (κ1) is 16.6. The average molecular weight is 244 g/mol. The van der Waals surface area contributed by atoms with E-state index in [0.717, 1.165) is 6.42 Å². The lowest BCUT2D eigenvalue weighted by Crippen LogP contribution is -2.14. The molecule has 0 radical (unpaired) electrons. The van der Waals surface area contributed by atoms with E-state index in [1.807, 2.05) is 0 Å². The Kier molecular flexibility index (Phi) is 11.8. The van der Waals surface area contributed by atoms with Crippen molar-refractivity contribution in [1.29, 1.82) is 0 Å². The van der Waals surface area contributed by atoms with E-state index in [9.17, 15) is 4.79 Å². The largest absolute Gasteiger partial charge is 0.356 e. The zero-order valence-corrected chi connectivity index (χ0v) is 11.7. The first-order valence-corrected chi connectivity index (χ1v) is 6.81. The lowest BCUT2D eigenvalue weighted by molar-refractivity contribution is -0.127. The third-order valence-corrected chi connectivity index (χ3v) is 2.99. The van der Waals surface area contributed by atoms with E-state index >= 15 is 0 Å². The van der Waals surface area contributed by atoms with Crippen LogP contribution in [0.2, 0.25) is 0 Å². The standard InChI is InChI=1S/C14H28O3/c1-4-5-6-7-8-9-10-13(15)11-12-14(16-2)17-3/h14H,4-12H2,1-3H3. The van der Waals surface area contributed by atoms with Gasteiger partial charge in [0.15, 0.2) is 6.29 Å². The summed E-state index contributed by atoms with van der Waals surface area (Å²) >= 11 is 0. The number of carbonyl (C=O) groups is 1. The minimum atomic E-state index is -0.233. The second-order valence-electron chi connectivity index (χ2n) is 4.50. The first-order valence-electron chi connectivity index (χ1n) is 6.81. The topological polar surface area (TPSA) is 35.5 Å². The molecular weight excluding hydrogens is 216 g/mol. The summed E-state index contributed by atoms with van der Waals surface area (Å²) in [6.07, 6.45) is 9.10. The molecule has 3 heteroatoms. The highest BCUT2D eigenvalue weighted by Gasteiger charge is 2.08. The van der Waals surface area contributed by atoms with Crippen LogP contribution < -0.4 is 0 Å². The highest BCUT2D eigenvalue weighted by molar-refractivity contribution is 5.78. The maximum atomic E-state index is 11.6. The van der Waals surface area contributed by atoms with Crippen LogP contribution in [0, 0.1) is 0 Å². The first-order chi connectivity index (χ1) is 8.24. The number of Topliss-reactive ketones (excluding diaryl/α,β-unsaturated/α-hetero) is 1. The van der Waals surface area contributed by atoms with Gasteiger partial charge in [-0.3, -0.25) is 4.79 Å². The Bertz CT molecular complexity index is 176. The summed E-state index contributed by atoms with van der Waals surface area (Å²) in [5.41, 5.74) is 0. The van der Waals surface area contributed by atoms with Gasteiger partial charge in [0.2, 0.25) is 0 Å². The summed E-state index contributed by atoms with van der Waals surface area (Å²) in [5, 5.41) is 0. The molecule has 3 nitrogen and oxygen atoms in total. The van der Waals surface area contributed by atoms with Crippen LogP contribution in [0.4, 0.5) is 0 Å². The Balaban J connectivity index is 3.34. The number of ketones is 1. The van der Waals surface area contributed by atoms with E-state index in [1.165, 1.54) is 32.1 Å². The van der Waals surface area contributed by atoms with Gasteiger partial charge in [-0.15, -0.1) is 0 Å². The Hall–Kier alpha value is -0.410. The summed E-state index contributed by atoms with van der Waals surface area (Å²) < 4.78 is 10.1. The SMILES string of the molecule is CCCCCCCCC(=O)CCC(OC)OC. The van der Waals surface area contributed by atoms with Crippen LogP contribution in [0.1, 0.15) is 64.7 Å². The van der Waals surface area contributed by atoms with Gasteiger partial charge in [-0.05, 0) is 6.42 Å². The molecule has 102 valence electrons. The minimum Gasteiger partial charge on any atom is -0.356 e. The highest BCUT2D eigenvalue weighted by atomic mass is 16.7. The molecule has 0 aliphatic rings. The molecule has 17 heavy (non-hydrogen) atoms. The second-order valence-corrected chi connectivity index (χ2v) is 4.50. The zero-order chi connectivity index (χ0) is 12.9. The third kappa shape index (κ3) is 10.5. The molecule has 0 atom stereocenters. The van der Waals surface area contributed by atoms with Crippen molar-refractivity contribution in [2.75, 3.05) is 14.2 Å². The Labute approximate surface area is 106 Å². The Morgan fingerprint density at radius 3 is 2.12 bits per heavy atom. The van der Waals surface area contributed by atoms with Crippen LogP contribution in [-0.2, 0) is 14.3 Å². The minimum absolute atomic E-state index is 0.233.